The summed E-state index contributed by atoms with van der Waals surface area (Å²) < 4.78 is 5.83. The molecule has 9 heteroatoms. The fraction of sp³-hybridized carbons (Fsp3) is 0.150. The zero-order valence-corrected chi connectivity index (χ0v) is 18.4. The highest BCUT2D eigenvalue weighted by atomic mass is 35.5. The highest BCUT2D eigenvalue weighted by molar-refractivity contribution is 8.01. The molecule has 0 fully saturated rings. The largest absolute Gasteiger partial charge is 0.497 e. The summed E-state index contributed by atoms with van der Waals surface area (Å²) in [6, 6.07) is 11.9. The summed E-state index contributed by atoms with van der Waals surface area (Å²) in [5.41, 5.74) is 1.84. The van der Waals surface area contributed by atoms with Gasteiger partial charge < -0.3 is 10.1 Å². The third-order valence-electron chi connectivity index (χ3n) is 3.81. The SMILES string of the molecule is COc1ccc(C(=O)CSc2nc(CC(=O)Nc3ccc(Cl)c(Cl)c3)cs2)cc1. The molecule has 5 nitrogen and oxygen atoms in total. The van der Waals surface area contributed by atoms with E-state index >= 15 is 0 Å². The van der Waals surface area contributed by atoms with E-state index < -0.39 is 0 Å². The van der Waals surface area contributed by atoms with Gasteiger partial charge in [-0.25, -0.2) is 4.98 Å². The maximum absolute atomic E-state index is 12.3. The monoisotopic (exact) mass is 466 g/mol. The van der Waals surface area contributed by atoms with E-state index in [1.807, 2.05) is 5.38 Å². The molecule has 29 heavy (non-hydrogen) atoms. The molecule has 0 aliphatic carbocycles. The average molecular weight is 467 g/mol. The molecule has 1 aromatic heterocycles. The Bertz CT molecular complexity index is 1020. The van der Waals surface area contributed by atoms with E-state index in [2.05, 4.69) is 10.3 Å². The Kier molecular flexibility index (Phi) is 7.55. The van der Waals surface area contributed by atoms with Crippen LogP contribution in [0.15, 0.2) is 52.2 Å². The number of thiazole rings is 1. The molecule has 2 aromatic carbocycles. The van der Waals surface area contributed by atoms with Gasteiger partial charge in [-0.1, -0.05) is 35.0 Å². The minimum atomic E-state index is -0.209. The van der Waals surface area contributed by atoms with Gasteiger partial charge in [-0.3, -0.25) is 9.59 Å². The van der Waals surface area contributed by atoms with Crippen molar-refractivity contribution in [3.63, 3.8) is 0 Å². The number of ether oxygens (including phenoxy) is 1. The van der Waals surface area contributed by atoms with Crippen molar-refractivity contribution in [1.82, 2.24) is 4.98 Å². The summed E-state index contributed by atoms with van der Waals surface area (Å²) in [6.07, 6.45) is 0.129. The lowest BCUT2D eigenvalue weighted by Gasteiger charge is -2.05. The summed E-state index contributed by atoms with van der Waals surface area (Å²) >= 11 is 14.6. The number of hydrogen-bond acceptors (Lipinski definition) is 6. The molecule has 0 aliphatic rings. The van der Waals surface area contributed by atoms with Crippen molar-refractivity contribution in [2.45, 2.75) is 10.8 Å². The molecular weight excluding hydrogens is 451 g/mol. The van der Waals surface area contributed by atoms with E-state index in [9.17, 15) is 9.59 Å². The molecule has 0 bridgehead atoms. The van der Waals surface area contributed by atoms with Crippen molar-refractivity contribution in [3.05, 3.63) is 69.1 Å². The van der Waals surface area contributed by atoms with Crippen molar-refractivity contribution in [2.24, 2.45) is 0 Å². The summed E-state index contributed by atoms with van der Waals surface area (Å²) in [6.45, 7) is 0. The van der Waals surface area contributed by atoms with Crippen molar-refractivity contribution < 1.29 is 14.3 Å². The van der Waals surface area contributed by atoms with Crippen LogP contribution >= 0.6 is 46.3 Å². The molecule has 0 saturated carbocycles. The van der Waals surface area contributed by atoms with Gasteiger partial charge in [0.05, 0.1) is 35.0 Å². The highest BCUT2D eigenvalue weighted by Crippen LogP contribution is 2.26. The molecule has 150 valence electrons. The van der Waals surface area contributed by atoms with Gasteiger partial charge >= 0.3 is 0 Å². The molecule has 0 saturated heterocycles. The number of aromatic nitrogens is 1. The molecule has 1 heterocycles. The number of benzene rings is 2. The van der Waals surface area contributed by atoms with Gasteiger partial charge in [-0.2, -0.15) is 0 Å². The number of hydrogen-bond donors (Lipinski definition) is 1. The third-order valence-corrected chi connectivity index (χ3v) is 6.62. The van der Waals surface area contributed by atoms with Gasteiger partial charge in [0.25, 0.3) is 0 Å². The molecule has 1 N–H and O–H groups in total. The van der Waals surface area contributed by atoms with Crippen LogP contribution < -0.4 is 10.1 Å². The third kappa shape index (κ3) is 6.21. The number of Topliss-reactive ketones (excluding diaryl/α,β-unsaturated/α-hetero) is 1. The number of amides is 1. The van der Waals surface area contributed by atoms with Crippen LogP contribution in [0.1, 0.15) is 16.1 Å². The number of nitrogens with one attached hydrogen (secondary N) is 1. The van der Waals surface area contributed by atoms with Gasteiger partial charge in [-0.15, -0.1) is 11.3 Å². The Hall–Kier alpha value is -2.06. The molecule has 0 atom stereocenters. The summed E-state index contributed by atoms with van der Waals surface area (Å²) in [5.74, 6) is 0.776. The Labute approximate surface area is 186 Å². The van der Waals surface area contributed by atoms with Crippen LogP contribution in [0.4, 0.5) is 5.69 Å². The van der Waals surface area contributed by atoms with E-state index in [0.29, 0.717) is 32.7 Å². The number of ketones is 1. The fourth-order valence-corrected chi connectivity index (χ4v) is 4.40. The van der Waals surface area contributed by atoms with Crippen LogP contribution in [0.5, 0.6) is 5.75 Å². The fourth-order valence-electron chi connectivity index (χ4n) is 2.37. The van der Waals surface area contributed by atoms with Gasteiger partial charge in [0.15, 0.2) is 10.1 Å². The maximum Gasteiger partial charge on any atom is 0.230 e. The topological polar surface area (TPSA) is 68.3 Å². The number of halogens is 2. The first-order valence-corrected chi connectivity index (χ1v) is 11.1. The minimum absolute atomic E-state index is 0.00626. The summed E-state index contributed by atoms with van der Waals surface area (Å²) in [7, 11) is 1.58. The standard InChI is InChI=1S/C20H16Cl2N2O3S2/c1-27-15-5-2-12(3-6-15)18(25)11-29-20-24-14(10-28-20)9-19(26)23-13-4-7-16(21)17(22)8-13/h2-8,10H,9,11H2,1H3,(H,23,26). The second kappa shape index (κ2) is 10.1. The van der Waals surface area contributed by atoms with Crippen LogP contribution in [-0.2, 0) is 11.2 Å². The van der Waals surface area contributed by atoms with Crippen LogP contribution in [-0.4, -0.2) is 29.5 Å². The van der Waals surface area contributed by atoms with Gasteiger partial charge in [-0.05, 0) is 42.5 Å². The molecule has 0 unspecified atom stereocenters. The number of anilines is 1. The molecule has 0 radical (unpaired) electrons. The lowest BCUT2D eigenvalue weighted by atomic mass is 10.1. The second-order valence-corrected chi connectivity index (χ2v) is 8.79. The van der Waals surface area contributed by atoms with E-state index in [1.54, 1.807) is 49.6 Å². The Morgan fingerprint density at radius 2 is 1.90 bits per heavy atom. The Balaban J connectivity index is 1.51. The van der Waals surface area contributed by atoms with E-state index in [0.717, 1.165) is 4.34 Å². The number of carbonyl (C=O) groups excluding carboxylic acids is 2. The van der Waals surface area contributed by atoms with Gasteiger partial charge in [0.1, 0.15) is 5.75 Å². The first-order chi connectivity index (χ1) is 13.9. The summed E-state index contributed by atoms with van der Waals surface area (Å²) in [4.78, 5) is 28.9. The van der Waals surface area contributed by atoms with Crippen LogP contribution in [0.25, 0.3) is 0 Å². The quantitative estimate of drug-likeness (QED) is 0.344. The Morgan fingerprint density at radius 3 is 2.59 bits per heavy atom. The number of carbonyl (C=O) groups is 2. The number of nitrogens with zero attached hydrogens (tertiary/aromatic N) is 1. The van der Waals surface area contributed by atoms with Crippen LogP contribution in [0.3, 0.4) is 0 Å². The molecule has 3 rings (SSSR count). The van der Waals surface area contributed by atoms with Gasteiger partial charge in [0, 0.05) is 16.6 Å². The molecule has 3 aromatic rings. The van der Waals surface area contributed by atoms with Gasteiger partial charge in [0.2, 0.25) is 5.91 Å². The first kappa shape index (κ1) is 21.6. The highest BCUT2D eigenvalue weighted by Gasteiger charge is 2.12. The zero-order chi connectivity index (χ0) is 20.8. The molecule has 0 aliphatic heterocycles. The van der Waals surface area contributed by atoms with E-state index in [-0.39, 0.29) is 23.9 Å². The van der Waals surface area contributed by atoms with Crippen LogP contribution in [0.2, 0.25) is 10.0 Å². The van der Waals surface area contributed by atoms with Crippen molar-refractivity contribution in [1.29, 1.82) is 0 Å². The number of rotatable bonds is 8. The minimum Gasteiger partial charge on any atom is -0.497 e. The van der Waals surface area contributed by atoms with Crippen molar-refractivity contribution in [3.8, 4) is 5.75 Å². The second-order valence-electron chi connectivity index (χ2n) is 5.90. The van der Waals surface area contributed by atoms with Crippen molar-refractivity contribution >= 4 is 63.7 Å². The predicted octanol–water partition coefficient (Wildman–Crippen LogP) is 5.61. The lowest BCUT2D eigenvalue weighted by Crippen LogP contribution is -2.14. The van der Waals surface area contributed by atoms with Crippen molar-refractivity contribution in [2.75, 3.05) is 18.2 Å². The van der Waals surface area contributed by atoms with E-state index in [4.69, 9.17) is 27.9 Å². The Morgan fingerprint density at radius 1 is 1.14 bits per heavy atom. The first-order valence-electron chi connectivity index (χ1n) is 8.44. The number of thioether (sulfide) groups is 1. The lowest BCUT2D eigenvalue weighted by molar-refractivity contribution is -0.115. The molecule has 1 amide bonds. The average Bonchev–Trinajstić information content (AvgIpc) is 3.16. The summed E-state index contributed by atoms with van der Waals surface area (Å²) in [5, 5.41) is 5.37. The number of methoxy groups -OCH3 is 1. The smallest absolute Gasteiger partial charge is 0.230 e. The van der Waals surface area contributed by atoms with E-state index in [1.165, 1.54) is 23.1 Å². The molecule has 0 spiro atoms. The normalized spacial score (nSPS) is 10.6. The predicted molar refractivity (Wildman–Crippen MR) is 119 cm³/mol. The maximum atomic E-state index is 12.3. The van der Waals surface area contributed by atoms with Crippen LogP contribution in [0, 0.1) is 0 Å². The molecular formula is C20H16Cl2N2O3S2. The zero-order valence-electron chi connectivity index (χ0n) is 15.3.